The Bertz CT molecular complexity index is 485. The first-order valence-electron chi connectivity index (χ1n) is 6.16. The third-order valence-electron chi connectivity index (χ3n) is 3.31. The molecule has 17 heavy (non-hydrogen) atoms. The van der Waals surface area contributed by atoms with Crippen molar-refractivity contribution in [3.8, 4) is 0 Å². The Balaban J connectivity index is 1.77. The molecule has 2 N–H and O–H groups in total. The summed E-state index contributed by atoms with van der Waals surface area (Å²) in [6, 6.07) is 11.1. The van der Waals surface area contributed by atoms with Crippen LogP contribution >= 0.6 is 0 Å². The quantitative estimate of drug-likeness (QED) is 0.872. The highest BCUT2D eigenvalue weighted by atomic mass is 15.1. The molecule has 1 aromatic heterocycles. The lowest BCUT2D eigenvalue weighted by Gasteiger charge is -2.14. The minimum atomic E-state index is 0.0421. The van der Waals surface area contributed by atoms with Gasteiger partial charge >= 0.3 is 0 Å². The summed E-state index contributed by atoms with van der Waals surface area (Å²) >= 11 is 0. The van der Waals surface area contributed by atoms with Crippen LogP contribution in [-0.2, 0) is 6.42 Å². The highest BCUT2D eigenvalue weighted by Gasteiger charge is 2.26. The zero-order valence-electron chi connectivity index (χ0n) is 9.79. The van der Waals surface area contributed by atoms with E-state index in [1.54, 1.807) is 0 Å². The number of benzene rings is 1. The van der Waals surface area contributed by atoms with E-state index in [0.717, 1.165) is 12.1 Å². The maximum absolute atomic E-state index is 6.28. The minimum Gasteiger partial charge on any atom is -0.330 e. The van der Waals surface area contributed by atoms with Crippen LogP contribution in [0.25, 0.3) is 0 Å². The standard InChI is InChI=1S/C14H17N3/c15-13(8-11-4-2-1-3-5-11)14-9-16-10-17(14)12-6-7-12/h1-5,9-10,12-13H,6-8,15H2/t13-/m1/s1. The first-order chi connectivity index (χ1) is 8.34. The summed E-state index contributed by atoms with van der Waals surface area (Å²) in [6.45, 7) is 0. The molecule has 0 saturated heterocycles. The van der Waals surface area contributed by atoms with Gasteiger partial charge < -0.3 is 10.3 Å². The summed E-state index contributed by atoms with van der Waals surface area (Å²) in [5.41, 5.74) is 8.72. The third-order valence-corrected chi connectivity index (χ3v) is 3.31. The van der Waals surface area contributed by atoms with Gasteiger partial charge in [0.2, 0.25) is 0 Å². The van der Waals surface area contributed by atoms with Crippen molar-refractivity contribution in [2.45, 2.75) is 31.3 Å². The smallest absolute Gasteiger partial charge is 0.0951 e. The lowest BCUT2D eigenvalue weighted by atomic mass is 10.0. The van der Waals surface area contributed by atoms with Gasteiger partial charge in [0.25, 0.3) is 0 Å². The predicted octanol–water partition coefficient (Wildman–Crippen LogP) is 2.46. The second-order valence-electron chi connectivity index (χ2n) is 4.75. The van der Waals surface area contributed by atoms with Gasteiger partial charge in [0.05, 0.1) is 18.1 Å². The molecule has 0 unspecified atom stereocenters. The van der Waals surface area contributed by atoms with Crippen LogP contribution in [0.3, 0.4) is 0 Å². The average molecular weight is 227 g/mol. The van der Waals surface area contributed by atoms with Crippen molar-refractivity contribution in [3.05, 3.63) is 54.1 Å². The van der Waals surface area contributed by atoms with Crippen LogP contribution in [0, 0.1) is 0 Å². The molecule has 88 valence electrons. The topological polar surface area (TPSA) is 43.8 Å². The second kappa shape index (κ2) is 4.34. The first kappa shape index (κ1) is 10.5. The monoisotopic (exact) mass is 227 g/mol. The number of hydrogen-bond donors (Lipinski definition) is 1. The normalized spacial score (nSPS) is 17.0. The van der Waals surface area contributed by atoms with E-state index in [9.17, 15) is 0 Å². The molecule has 1 fully saturated rings. The van der Waals surface area contributed by atoms with Gasteiger partial charge in [-0.25, -0.2) is 4.98 Å². The van der Waals surface area contributed by atoms with Crippen molar-refractivity contribution in [3.63, 3.8) is 0 Å². The zero-order valence-corrected chi connectivity index (χ0v) is 9.79. The highest BCUT2D eigenvalue weighted by Crippen LogP contribution is 2.36. The van der Waals surface area contributed by atoms with Crippen molar-refractivity contribution in [2.75, 3.05) is 0 Å². The lowest BCUT2D eigenvalue weighted by Crippen LogP contribution is -2.17. The number of hydrogen-bond acceptors (Lipinski definition) is 2. The van der Waals surface area contributed by atoms with E-state index in [0.29, 0.717) is 6.04 Å². The van der Waals surface area contributed by atoms with Crippen LogP contribution in [0.1, 0.15) is 36.2 Å². The summed E-state index contributed by atoms with van der Waals surface area (Å²) in [7, 11) is 0. The van der Waals surface area contributed by atoms with Gasteiger partial charge in [0, 0.05) is 12.2 Å². The fourth-order valence-electron chi connectivity index (χ4n) is 2.23. The van der Waals surface area contributed by atoms with Crippen LogP contribution in [-0.4, -0.2) is 9.55 Å². The number of imidazole rings is 1. The highest BCUT2D eigenvalue weighted by molar-refractivity contribution is 5.19. The summed E-state index contributed by atoms with van der Waals surface area (Å²) in [4.78, 5) is 4.23. The van der Waals surface area contributed by atoms with Crippen molar-refractivity contribution < 1.29 is 0 Å². The zero-order chi connectivity index (χ0) is 11.7. The second-order valence-corrected chi connectivity index (χ2v) is 4.75. The van der Waals surface area contributed by atoms with Gasteiger partial charge in [0.1, 0.15) is 0 Å². The Morgan fingerprint density at radius 2 is 2.06 bits per heavy atom. The molecule has 3 rings (SSSR count). The fraction of sp³-hybridized carbons (Fsp3) is 0.357. The Kier molecular flexibility index (Phi) is 2.69. The van der Waals surface area contributed by atoms with Gasteiger partial charge in [-0.1, -0.05) is 30.3 Å². The molecule has 0 radical (unpaired) electrons. The number of nitrogens with zero attached hydrogens (tertiary/aromatic N) is 2. The molecule has 1 atom stereocenters. The fourth-order valence-corrected chi connectivity index (χ4v) is 2.23. The van der Waals surface area contributed by atoms with E-state index >= 15 is 0 Å². The summed E-state index contributed by atoms with van der Waals surface area (Å²) < 4.78 is 2.24. The predicted molar refractivity (Wildman–Crippen MR) is 67.6 cm³/mol. The van der Waals surface area contributed by atoms with Gasteiger partial charge in [-0.05, 0) is 24.8 Å². The van der Waals surface area contributed by atoms with E-state index in [1.807, 2.05) is 18.6 Å². The van der Waals surface area contributed by atoms with Crippen molar-refractivity contribution in [1.29, 1.82) is 0 Å². The van der Waals surface area contributed by atoms with E-state index in [1.165, 1.54) is 18.4 Å². The van der Waals surface area contributed by atoms with Crippen molar-refractivity contribution >= 4 is 0 Å². The molecule has 1 saturated carbocycles. The molecule has 1 heterocycles. The van der Waals surface area contributed by atoms with Crippen molar-refractivity contribution in [1.82, 2.24) is 9.55 Å². The molecular weight excluding hydrogens is 210 g/mol. The molecule has 0 aliphatic heterocycles. The van der Waals surface area contributed by atoms with Crippen molar-refractivity contribution in [2.24, 2.45) is 5.73 Å². The van der Waals surface area contributed by atoms with Gasteiger partial charge in [0.15, 0.2) is 0 Å². The molecular formula is C14H17N3. The van der Waals surface area contributed by atoms with E-state index in [2.05, 4.69) is 33.8 Å². The Labute approximate surface area is 101 Å². The Morgan fingerprint density at radius 3 is 2.76 bits per heavy atom. The molecule has 1 aliphatic carbocycles. The largest absolute Gasteiger partial charge is 0.330 e. The summed E-state index contributed by atoms with van der Waals surface area (Å²) in [5.74, 6) is 0. The molecule has 0 amide bonds. The Morgan fingerprint density at radius 1 is 1.29 bits per heavy atom. The van der Waals surface area contributed by atoms with E-state index in [4.69, 9.17) is 5.73 Å². The van der Waals surface area contributed by atoms with Gasteiger partial charge in [-0.2, -0.15) is 0 Å². The van der Waals surface area contributed by atoms with Crippen LogP contribution < -0.4 is 5.73 Å². The van der Waals surface area contributed by atoms with E-state index in [-0.39, 0.29) is 6.04 Å². The van der Waals surface area contributed by atoms with Crippen LogP contribution in [0.4, 0.5) is 0 Å². The molecule has 3 nitrogen and oxygen atoms in total. The summed E-state index contributed by atoms with van der Waals surface area (Å²) in [6.07, 6.45) is 7.23. The molecule has 2 aromatic rings. The minimum absolute atomic E-state index is 0.0421. The number of aromatic nitrogens is 2. The van der Waals surface area contributed by atoms with Crippen LogP contribution in [0.5, 0.6) is 0 Å². The SMILES string of the molecule is N[C@H](Cc1ccccc1)c1cncn1C1CC1. The van der Waals surface area contributed by atoms with Crippen LogP contribution in [0.2, 0.25) is 0 Å². The van der Waals surface area contributed by atoms with Crippen LogP contribution in [0.15, 0.2) is 42.9 Å². The number of nitrogens with two attached hydrogens (primary N) is 1. The van der Waals surface area contributed by atoms with Gasteiger partial charge in [-0.15, -0.1) is 0 Å². The maximum atomic E-state index is 6.28. The van der Waals surface area contributed by atoms with E-state index < -0.39 is 0 Å². The lowest BCUT2D eigenvalue weighted by molar-refractivity contribution is 0.611. The number of rotatable bonds is 4. The maximum Gasteiger partial charge on any atom is 0.0951 e. The molecule has 1 aromatic carbocycles. The molecule has 0 spiro atoms. The molecule has 3 heteroatoms. The first-order valence-corrected chi connectivity index (χ1v) is 6.16. The third kappa shape index (κ3) is 2.24. The molecule has 0 bridgehead atoms. The molecule has 1 aliphatic rings. The van der Waals surface area contributed by atoms with Gasteiger partial charge in [-0.3, -0.25) is 0 Å². The average Bonchev–Trinajstić information content (AvgIpc) is 3.08. The Hall–Kier alpha value is -1.61. The summed E-state index contributed by atoms with van der Waals surface area (Å²) in [5, 5.41) is 0.